The van der Waals surface area contributed by atoms with E-state index in [0.29, 0.717) is 19.7 Å². The molecular weight excluding hydrogens is 236 g/mol. The molecule has 1 unspecified atom stereocenters. The third-order valence-electron chi connectivity index (χ3n) is 3.38. The minimum absolute atomic E-state index is 0.0120. The van der Waals surface area contributed by atoms with Crippen LogP contribution in [-0.2, 0) is 14.3 Å². The maximum Gasteiger partial charge on any atom is 0.234 e. The van der Waals surface area contributed by atoms with Gasteiger partial charge in [0.25, 0.3) is 0 Å². The highest BCUT2D eigenvalue weighted by Crippen LogP contribution is 2.07. The number of nitrogens with zero attached hydrogens (tertiary/aromatic N) is 1. The van der Waals surface area contributed by atoms with Crippen molar-refractivity contribution in [3.8, 4) is 0 Å². The number of amides is 1. The Balaban J connectivity index is 1.69. The lowest BCUT2D eigenvalue weighted by Crippen LogP contribution is -2.49. The van der Waals surface area contributed by atoms with Crippen molar-refractivity contribution in [2.45, 2.75) is 25.0 Å². The first kappa shape index (κ1) is 13.7. The Morgan fingerprint density at radius 2 is 2.11 bits per heavy atom. The van der Waals surface area contributed by atoms with Crippen molar-refractivity contribution in [1.82, 2.24) is 10.2 Å². The highest BCUT2D eigenvalue weighted by atomic mass is 16.5. The maximum atomic E-state index is 11.9. The summed E-state index contributed by atoms with van der Waals surface area (Å²) in [5.41, 5.74) is 0. The molecule has 1 amide bonds. The molecule has 0 saturated carbocycles. The van der Waals surface area contributed by atoms with Gasteiger partial charge in [0.05, 0.1) is 25.9 Å². The van der Waals surface area contributed by atoms with Crippen molar-refractivity contribution in [1.29, 1.82) is 0 Å². The predicted octanol–water partition coefficient (Wildman–Crippen LogP) is -1.03. The Kier molecular flexibility index (Phi) is 5.37. The number of hydrogen-bond donors (Lipinski definition) is 2. The van der Waals surface area contributed by atoms with E-state index in [0.717, 1.165) is 32.6 Å². The average Bonchev–Trinajstić information content (AvgIpc) is 2.40. The number of aliphatic hydroxyl groups excluding tert-OH is 1. The van der Waals surface area contributed by atoms with Crippen LogP contribution in [0.1, 0.15) is 12.8 Å². The van der Waals surface area contributed by atoms with Gasteiger partial charge in [-0.15, -0.1) is 0 Å². The molecule has 2 heterocycles. The lowest BCUT2D eigenvalue weighted by molar-refractivity contribution is -0.126. The topological polar surface area (TPSA) is 71.0 Å². The molecule has 1 atom stereocenters. The fraction of sp³-hybridized carbons (Fsp3) is 0.917. The lowest BCUT2D eigenvalue weighted by Gasteiger charge is -2.32. The molecule has 0 bridgehead atoms. The molecule has 2 aliphatic heterocycles. The summed E-state index contributed by atoms with van der Waals surface area (Å²) in [6.07, 6.45) is 1.64. The van der Waals surface area contributed by atoms with Crippen LogP contribution in [-0.4, -0.2) is 74.1 Å². The Labute approximate surface area is 107 Å². The van der Waals surface area contributed by atoms with E-state index in [9.17, 15) is 4.79 Å². The number of nitrogens with one attached hydrogen (secondary N) is 1. The number of carbonyl (C=O) groups is 1. The fourth-order valence-corrected chi connectivity index (χ4v) is 2.35. The molecule has 2 N–H and O–H groups in total. The van der Waals surface area contributed by atoms with E-state index in [2.05, 4.69) is 5.32 Å². The molecule has 0 aromatic rings. The van der Waals surface area contributed by atoms with Gasteiger partial charge in [0.1, 0.15) is 0 Å². The predicted molar refractivity (Wildman–Crippen MR) is 65.2 cm³/mol. The number of morpholine rings is 1. The maximum absolute atomic E-state index is 11.9. The lowest BCUT2D eigenvalue weighted by atomic mass is 10.1. The van der Waals surface area contributed by atoms with Gasteiger partial charge in [-0.2, -0.15) is 0 Å². The molecule has 2 rings (SSSR count). The van der Waals surface area contributed by atoms with Crippen molar-refractivity contribution in [3.05, 3.63) is 0 Å². The second kappa shape index (κ2) is 7.04. The molecule has 0 spiro atoms. The van der Waals surface area contributed by atoms with Crippen molar-refractivity contribution in [2.75, 3.05) is 46.1 Å². The summed E-state index contributed by atoms with van der Waals surface area (Å²) in [6.45, 7) is 3.81. The van der Waals surface area contributed by atoms with E-state index in [1.165, 1.54) is 0 Å². The largest absolute Gasteiger partial charge is 0.394 e. The smallest absolute Gasteiger partial charge is 0.234 e. The molecular formula is C12H22N2O4. The van der Waals surface area contributed by atoms with Crippen molar-refractivity contribution in [3.63, 3.8) is 0 Å². The van der Waals surface area contributed by atoms with Crippen LogP contribution >= 0.6 is 0 Å². The Morgan fingerprint density at radius 3 is 2.83 bits per heavy atom. The van der Waals surface area contributed by atoms with E-state index in [-0.39, 0.29) is 24.7 Å². The van der Waals surface area contributed by atoms with Gasteiger partial charge < -0.3 is 19.9 Å². The second-order valence-corrected chi connectivity index (χ2v) is 4.86. The Bertz CT molecular complexity index is 269. The highest BCUT2D eigenvalue weighted by Gasteiger charge is 2.23. The number of hydrogen-bond acceptors (Lipinski definition) is 5. The number of ether oxygens (including phenoxy) is 2. The van der Waals surface area contributed by atoms with Gasteiger partial charge in [0, 0.05) is 32.3 Å². The average molecular weight is 258 g/mol. The van der Waals surface area contributed by atoms with E-state index in [1.54, 1.807) is 0 Å². The third-order valence-corrected chi connectivity index (χ3v) is 3.38. The molecule has 6 nitrogen and oxygen atoms in total. The zero-order chi connectivity index (χ0) is 12.8. The van der Waals surface area contributed by atoms with E-state index < -0.39 is 0 Å². The second-order valence-electron chi connectivity index (χ2n) is 4.86. The van der Waals surface area contributed by atoms with Crippen LogP contribution in [0.5, 0.6) is 0 Å². The summed E-state index contributed by atoms with van der Waals surface area (Å²) in [6, 6.07) is 0.251. The SMILES string of the molecule is O=C(CN1CCOC(CO)C1)NC1CCOCC1. The molecule has 2 aliphatic rings. The van der Waals surface area contributed by atoms with Gasteiger partial charge in [-0.05, 0) is 12.8 Å². The minimum Gasteiger partial charge on any atom is -0.394 e. The quantitative estimate of drug-likeness (QED) is 0.675. The van der Waals surface area contributed by atoms with Gasteiger partial charge in [0.2, 0.25) is 5.91 Å². The first-order valence-electron chi connectivity index (χ1n) is 6.60. The fourth-order valence-electron chi connectivity index (χ4n) is 2.35. The van der Waals surface area contributed by atoms with E-state index in [4.69, 9.17) is 14.6 Å². The Morgan fingerprint density at radius 1 is 1.33 bits per heavy atom. The van der Waals surface area contributed by atoms with Crippen LogP contribution in [0.25, 0.3) is 0 Å². The van der Waals surface area contributed by atoms with E-state index >= 15 is 0 Å². The number of rotatable bonds is 4. The zero-order valence-corrected chi connectivity index (χ0v) is 10.6. The molecule has 0 aromatic carbocycles. The van der Waals surface area contributed by atoms with Gasteiger partial charge >= 0.3 is 0 Å². The monoisotopic (exact) mass is 258 g/mol. The van der Waals surface area contributed by atoms with Gasteiger partial charge in [0.15, 0.2) is 0 Å². The van der Waals surface area contributed by atoms with Gasteiger partial charge in [-0.3, -0.25) is 9.69 Å². The van der Waals surface area contributed by atoms with Gasteiger partial charge in [-0.25, -0.2) is 0 Å². The van der Waals surface area contributed by atoms with Crippen LogP contribution in [0.3, 0.4) is 0 Å². The zero-order valence-electron chi connectivity index (χ0n) is 10.6. The van der Waals surface area contributed by atoms with Crippen molar-refractivity contribution in [2.24, 2.45) is 0 Å². The van der Waals surface area contributed by atoms with Crippen molar-refractivity contribution < 1.29 is 19.4 Å². The molecule has 2 saturated heterocycles. The molecule has 6 heteroatoms. The molecule has 2 fully saturated rings. The molecule has 0 aromatic heterocycles. The number of carbonyl (C=O) groups excluding carboxylic acids is 1. The summed E-state index contributed by atoms with van der Waals surface area (Å²) >= 11 is 0. The van der Waals surface area contributed by atoms with Crippen LogP contribution in [0.4, 0.5) is 0 Å². The van der Waals surface area contributed by atoms with Crippen LogP contribution in [0.2, 0.25) is 0 Å². The molecule has 0 radical (unpaired) electrons. The summed E-state index contributed by atoms with van der Waals surface area (Å²) in [5, 5.41) is 12.1. The van der Waals surface area contributed by atoms with Crippen LogP contribution < -0.4 is 5.32 Å². The molecule has 104 valence electrons. The first-order chi connectivity index (χ1) is 8.78. The summed E-state index contributed by atoms with van der Waals surface area (Å²) in [4.78, 5) is 13.9. The van der Waals surface area contributed by atoms with Crippen LogP contribution in [0.15, 0.2) is 0 Å². The normalized spacial score (nSPS) is 27.1. The first-order valence-corrected chi connectivity index (χ1v) is 6.60. The standard InChI is InChI=1S/C12H22N2O4/c15-9-11-7-14(3-6-18-11)8-12(16)13-10-1-4-17-5-2-10/h10-11,15H,1-9H2,(H,13,16). The highest BCUT2D eigenvalue weighted by molar-refractivity contribution is 5.78. The van der Waals surface area contributed by atoms with Gasteiger partial charge in [-0.1, -0.05) is 0 Å². The van der Waals surface area contributed by atoms with E-state index in [1.807, 2.05) is 4.90 Å². The Hall–Kier alpha value is -0.690. The molecule has 18 heavy (non-hydrogen) atoms. The summed E-state index contributed by atoms with van der Waals surface area (Å²) in [5.74, 6) is 0.0560. The van der Waals surface area contributed by atoms with Crippen LogP contribution in [0, 0.1) is 0 Å². The number of aliphatic hydroxyl groups is 1. The summed E-state index contributed by atoms with van der Waals surface area (Å²) < 4.78 is 10.6. The van der Waals surface area contributed by atoms with Crippen molar-refractivity contribution >= 4 is 5.91 Å². The minimum atomic E-state index is -0.158. The molecule has 0 aliphatic carbocycles. The summed E-state index contributed by atoms with van der Waals surface area (Å²) in [7, 11) is 0. The third kappa shape index (κ3) is 4.20.